The number of hydrogen-bond acceptors (Lipinski definition) is 21. The van der Waals surface area contributed by atoms with E-state index < -0.39 is 161 Å². The number of sulfonamides is 2. The van der Waals surface area contributed by atoms with Gasteiger partial charge < -0.3 is 54.3 Å². The van der Waals surface area contributed by atoms with Gasteiger partial charge in [-0.3, -0.25) is 43.0 Å². The number of amides is 8. The average Bonchev–Trinajstić information content (AvgIpc) is 1.59. The molecule has 8 amide bonds. The van der Waals surface area contributed by atoms with Crippen LogP contribution in [0, 0.1) is 23.5 Å². The van der Waals surface area contributed by atoms with E-state index in [4.69, 9.17) is 33.6 Å². The van der Waals surface area contributed by atoms with Crippen molar-refractivity contribution < 1.29 is 95.8 Å². The summed E-state index contributed by atoms with van der Waals surface area (Å²) in [5, 5.41) is 13.4. The van der Waals surface area contributed by atoms with Gasteiger partial charge in [0.05, 0.1) is 39.8 Å². The number of benzene rings is 3. The summed E-state index contributed by atoms with van der Waals surface area (Å²) in [7, 11) is -6.14. The van der Waals surface area contributed by atoms with E-state index in [1.165, 1.54) is 40.5 Å². The number of alkyl halides is 3. The normalized spacial score (nSPS) is 26.8. The monoisotopic (exact) mass is 1720 g/mol. The number of alkyl carbamates (subject to hydrolysis) is 1. The fourth-order valence-corrected chi connectivity index (χ4v) is 20.6. The summed E-state index contributed by atoms with van der Waals surface area (Å²) in [5.41, 5.74) is 0.456. The van der Waals surface area contributed by atoms with E-state index in [9.17, 15) is 77.1 Å². The molecule has 17 rings (SSSR count). The molecule has 3 aromatic carbocycles. The van der Waals surface area contributed by atoms with Crippen molar-refractivity contribution >= 4 is 134 Å². The molecule has 0 spiro atoms. The number of para-hydroxylation sites is 1. The second-order valence-corrected chi connectivity index (χ2v) is 38.6. The second-order valence-electron chi connectivity index (χ2n) is 33.6. The molecule has 9 heterocycles. The van der Waals surface area contributed by atoms with Crippen molar-refractivity contribution in [1.29, 1.82) is 0 Å². The number of allylic oxidation sites excluding steroid dienone is 2. The lowest BCUT2D eigenvalue weighted by Gasteiger charge is -2.30. The minimum absolute atomic E-state index is 0.00985. The Labute approximate surface area is 690 Å². The molecule has 6 N–H and O–H groups in total. The number of carbonyl (C=O) groups excluding carboxylic acids is 8. The second kappa shape index (κ2) is 32.5. The molecule has 120 heavy (non-hydrogen) atoms. The van der Waals surface area contributed by atoms with Gasteiger partial charge in [0.2, 0.25) is 49.6 Å². The SMILES string of the molecule is CC(C)c1csc(-c2nc(O[C@@H]3C[C@H]4C(=O)N[C@]5(C(=O)NS(=O)(=O)C6(C)CC6)C[C@H]5/C=C\CCCCC[C@H](NC(=O)OC5CCCC5)C(=O)N4C3)c3c(n2)c2ccccc2n3C)n1.O=C1N[C@]2(C(=O)NS(=O)(=O)C3CC3)C[C@H]2/C=C\CCCCC[C@H](NC(=O)C(F)(F)F)C(=O)N2C[C@H](Oc3c4cc(F)ccc4nc4c3oc3ccc(F)cc34)C[C@@H]12. The Morgan fingerprint density at radius 3 is 1.84 bits per heavy atom. The van der Waals surface area contributed by atoms with Crippen molar-refractivity contribution in [2.24, 2.45) is 18.9 Å². The number of halogens is 5. The Balaban J connectivity index is 0.000000180. The van der Waals surface area contributed by atoms with Gasteiger partial charge in [-0.2, -0.15) is 18.2 Å². The van der Waals surface area contributed by atoms with Crippen LogP contribution in [-0.2, 0) is 65.4 Å². The van der Waals surface area contributed by atoms with Gasteiger partial charge in [-0.25, -0.2) is 45.4 Å². The van der Waals surface area contributed by atoms with Crippen LogP contribution in [0.3, 0.4) is 0 Å². The number of aromatic nitrogens is 5. The standard InChI is InChI=1S/C45H56N8O8S2.C38H36F5N5O8S/c1-26(2)32-25-62-40(46-32)37-48-35-30-17-12-13-19-33(30)52(4)36(35)39(49-37)60-29-22-34-38(54)50-45(42(56)51-63(58,59)44(3)20-21-44)23-27(45)14-8-6-5-7-9-18-31(41(55)53(34)24-29)47-43(57)61-28-15-10-11-16-28;39-20-8-12-26-24(14-20)31(32-30(44-26)25-15-21(40)9-13-29(25)56-32)55-22-16-28-33(49)46-37(35(51)47-57(53,54)23-10-11-23)17-19(37)6-4-2-1-3-5-7-27(34(50)48(28)18-22)45-36(52)38(41,42)43/h8,12-14,17,19,25-29,31,34H,5-7,9-11,15-16,18,20-24H2,1-4H3,(H,47,57)(H,50,54)(H,51,56);4,6,8-9,12-15,19,22-23,27-28H,1-3,5,7,10-11,16-18H2,(H,45,52)(H,46,49)(H,47,51)/b14-8-;6-4-/t27-,29-,31+,34+,45-;19-,22-,27+,28+,37-/m11/s1. The summed E-state index contributed by atoms with van der Waals surface area (Å²) in [6.07, 6.45) is 8.96. The van der Waals surface area contributed by atoms with Gasteiger partial charge in [0.25, 0.3) is 11.8 Å². The molecule has 10 atom stereocenters. The van der Waals surface area contributed by atoms with Crippen LogP contribution in [0.2, 0.25) is 0 Å². The van der Waals surface area contributed by atoms with Gasteiger partial charge in [0.1, 0.15) is 87.3 Å². The number of pyridine rings is 1. The highest BCUT2D eigenvalue weighted by Gasteiger charge is 2.65. The Kier molecular flexibility index (Phi) is 22.6. The van der Waals surface area contributed by atoms with Crippen LogP contribution in [-0.4, -0.2) is 181 Å². The lowest BCUT2D eigenvalue weighted by molar-refractivity contribution is -0.175. The van der Waals surface area contributed by atoms with Gasteiger partial charge in [-0.15, -0.1) is 11.3 Å². The maximum atomic E-state index is 14.9. The molecule has 2 saturated heterocycles. The molecule has 638 valence electrons. The van der Waals surface area contributed by atoms with Crippen molar-refractivity contribution in [1.82, 2.24) is 65.0 Å². The topological polar surface area (TPSA) is 381 Å². The molecule has 4 aliphatic heterocycles. The van der Waals surface area contributed by atoms with E-state index in [2.05, 4.69) is 44.2 Å². The smallest absolute Gasteiger partial charge is 0.471 e. The number of hydrogen-bond donors (Lipinski definition) is 6. The lowest BCUT2D eigenvalue weighted by Crippen LogP contribution is -2.58. The first-order chi connectivity index (χ1) is 57.2. The van der Waals surface area contributed by atoms with Crippen LogP contribution in [0.1, 0.15) is 174 Å². The third-order valence-electron chi connectivity index (χ3n) is 24.6. The van der Waals surface area contributed by atoms with E-state index in [1.807, 2.05) is 53.4 Å². The molecule has 7 fully saturated rings. The number of carbonyl (C=O) groups is 8. The lowest BCUT2D eigenvalue weighted by atomic mass is 10.0. The van der Waals surface area contributed by atoms with E-state index >= 15 is 0 Å². The van der Waals surface area contributed by atoms with Crippen LogP contribution >= 0.6 is 11.3 Å². The summed E-state index contributed by atoms with van der Waals surface area (Å²) < 4.78 is 152. The van der Waals surface area contributed by atoms with Crippen LogP contribution in [0.15, 0.2) is 94.8 Å². The molecule has 0 bridgehead atoms. The number of ether oxygens (including phenoxy) is 3. The summed E-state index contributed by atoms with van der Waals surface area (Å²) in [4.78, 5) is 133. The van der Waals surface area contributed by atoms with Gasteiger partial charge in [0.15, 0.2) is 22.2 Å². The summed E-state index contributed by atoms with van der Waals surface area (Å²) in [5.74, 6) is -8.71. The Hall–Kier alpha value is -10.4. The molecule has 9 aliphatic rings. The molecule has 0 unspecified atom stereocenters. The first kappa shape index (κ1) is 83.2. The Morgan fingerprint density at radius 2 is 1.24 bits per heavy atom. The van der Waals surface area contributed by atoms with Gasteiger partial charge in [-0.05, 0) is 158 Å². The number of aryl methyl sites for hydroxylation is 1. The van der Waals surface area contributed by atoms with Crippen molar-refractivity contribution in [2.45, 2.75) is 238 Å². The third kappa shape index (κ3) is 16.8. The zero-order valence-electron chi connectivity index (χ0n) is 66.3. The molecule has 5 aromatic heterocycles. The van der Waals surface area contributed by atoms with E-state index in [0.717, 1.165) is 72.2 Å². The molecule has 0 radical (unpaired) electrons. The van der Waals surface area contributed by atoms with Crippen molar-refractivity contribution in [2.75, 3.05) is 13.1 Å². The molecular formula is C83H92F5N13O16S3. The molecule has 5 aliphatic carbocycles. The molecule has 29 nitrogen and oxygen atoms in total. The van der Waals surface area contributed by atoms with Crippen LogP contribution in [0.25, 0.3) is 65.7 Å². The predicted molar refractivity (Wildman–Crippen MR) is 430 cm³/mol. The van der Waals surface area contributed by atoms with Gasteiger partial charge >= 0.3 is 18.2 Å². The minimum atomic E-state index is -5.32. The van der Waals surface area contributed by atoms with Gasteiger partial charge in [0, 0.05) is 53.3 Å². The van der Waals surface area contributed by atoms with E-state index in [0.29, 0.717) is 86.1 Å². The van der Waals surface area contributed by atoms with Crippen molar-refractivity contribution in [3.63, 3.8) is 0 Å². The highest BCUT2D eigenvalue weighted by atomic mass is 32.2. The number of furan rings is 1. The Morgan fingerprint density at radius 1 is 0.658 bits per heavy atom. The summed E-state index contributed by atoms with van der Waals surface area (Å²) >= 11 is 1.44. The van der Waals surface area contributed by atoms with Crippen LogP contribution < -0.4 is 40.2 Å². The van der Waals surface area contributed by atoms with Crippen molar-refractivity contribution in [3.8, 4) is 22.5 Å². The quantitative estimate of drug-likeness (QED) is 0.0410. The maximum absolute atomic E-state index is 14.9. The predicted octanol–water partition coefficient (Wildman–Crippen LogP) is 11.0. The number of nitrogens with one attached hydrogen (secondary N) is 6. The van der Waals surface area contributed by atoms with E-state index in [-0.39, 0.29) is 102 Å². The fraction of sp³-hybridized carbons (Fsp3) is 0.518. The fourth-order valence-electron chi connectivity index (χ4n) is 17.0. The molecule has 5 saturated carbocycles. The number of nitrogens with zero attached hydrogens (tertiary/aromatic N) is 7. The van der Waals surface area contributed by atoms with Crippen LogP contribution in [0.5, 0.6) is 11.6 Å². The van der Waals surface area contributed by atoms with E-state index in [1.54, 1.807) is 24.4 Å². The third-order valence-corrected chi connectivity index (χ3v) is 29.4. The summed E-state index contributed by atoms with van der Waals surface area (Å²) in [6, 6.07) is 9.88. The zero-order chi connectivity index (χ0) is 84.7. The van der Waals surface area contributed by atoms with Gasteiger partial charge in [-0.1, -0.05) is 82.0 Å². The average molecular weight is 1720 g/mol. The minimum Gasteiger partial charge on any atom is -0.484 e. The molecule has 37 heteroatoms. The first-order valence-electron chi connectivity index (χ1n) is 40.9. The highest BCUT2D eigenvalue weighted by Crippen LogP contribution is 2.50. The number of thiazole rings is 1. The largest absolute Gasteiger partial charge is 0.484 e. The number of fused-ring (bicyclic) bond motifs is 11. The highest BCUT2D eigenvalue weighted by molar-refractivity contribution is 7.91. The summed E-state index contributed by atoms with van der Waals surface area (Å²) in [6.45, 7) is 5.27. The van der Waals surface area contributed by atoms with Crippen molar-refractivity contribution in [3.05, 3.63) is 108 Å². The number of rotatable bonds is 15. The molecule has 8 aromatic rings. The molecular weight excluding hydrogens is 1630 g/mol. The Bertz CT molecular complexity index is 5770. The first-order valence-corrected chi connectivity index (χ1v) is 44.8. The maximum Gasteiger partial charge on any atom is 0.471 e. The zero-order valence-corrected chi connectivity index (χ0v) is 68.7. The van der Waals surface area contributed by atoms with Crippen LogP contribution in [0.4, 0.5) is 26.7 Å².